The van der Waals surface area contributed by atoms with Gasteiger partial charge in [-0.2, -0.15) is 0 Å². The zero-order valence-corrected chi connectivity index (χ0v) is 12.0. The molecule has 1 aliphatic rings. The van der Waals surface area contributed by atoms with Crippen molar-refractivity contribution in [2.24, 2.45) is 0 Å². The topological polar surface area (TPSA) is 15.3 Å². The van der Waals surface area contributed by atoms with Gasteiger partial charge in [0, 0.05) is 24.8 Å². The molecule has 0 saturated heterocycles. The average molecular weight is 246 g/mol. The summed E-state index contributed by atoms with van der Waals surface area (Å²) in [5, 5.41) is 3.53. The summed E-state index contributed by atoms with van der Waals surface area (Å²) in [5.74, 6) is 0. The normalized spacial score (nSPS) is 14.8. The van der Waals surface area contributed by atoms with Crippen molar-refractivity contribution in [3.8, 4) is 0 Å². The van der Waals surface area contributed by atoms with E-state index < -0.39 is 0 Å². The van der Waals surface area contributed by atoms with Crippen LogP contribution in [0.15, 0.2) is 18.2 Å². The van der Waals surface area contributed by atoms with Gasteiger partial charge in [0.05, 0.1) is 0 Å². The maximum atomic E-state index is 3.53. The number of benzene rings is 1. The SMILES string of the molecule is CCCNCc1cc(C)ccc1N(CC)C1CC1. The molecule has 2 heteroatoms. The number of nitrogens with zero attached hydrogens (tertiary/aromatic N) is 1. The molecule has 1 aromatic carbocycles. The average Bonchev–Trinajstić information content (AvgIpc) is 3.17. The second-order valence-electron chi connectivity index (χ2n) is 5.33. The fourth-order valence-corrected chi connectivity index (χ4v) is 2.55. The lowest BCUT2D eigenvalue weighted by molar-refractivity contribution is 0.671. The van der Waals surface area contributed by atoms with Crippen LogP contribution in [-0.4, -0.2) is 19.1 Å². The molecule has 0 aliphatic heterocycles. The highest BCUT2D eigenvalue weighted by Crippen LogP contribution is 2.33. The van der Waals surface area contributed by atoms with Crippen molar-refractivity contribution >= 4 is 5.69 Å². The predicted octanol–water partition coefficient (Wildman–Crippen LogP) is 3.48. The Balaban J connectivity index is 2.15. The van der Waals surface area contributed by atoms with Gasteiger partial charge in [-0.05, 0) is 51.3 Å². The van der Waals surface area contributed by atoms with Crippen LogP contribution >= 0.6 is 0 Å². The van der Waals surface area contributed by atoms with Crippen LogP contribution in [0.5, 0.6) is 0 Å². The molecule has 100 valence electrons. The number of hydrogen-bond acceptors (Lipinski definition) is 2. The largest absolute Gasteiger partial charge is 0.369 e. The number of nitrogens with one attached hydrogen (secondary N) is 1. The summed E-state index contributed by atoms with van der Waals surface area (Å²) < 4.78 is 0. The Morgan fingerprint density at radius 1 is 1.28 bits per heavy atom. The quantitative estimate of drug-likeness (QED) is 0.741. The van der Waals surface area contributed by atoms with Crippen molar-refractivity contribution in [2.45, 2.75) is 52.6 Å². The Morgan fingerprint density at radius 3 is 2.67 bits per heavy atom. The Morgan fingerprint density at radius 2 is 2.06 bits per heavy atom. The third kappa shape index (κ3) is 3.26. The summed E-state index contributed by atoms with van der Waals surface area (Å²) in [5.41, 5.74) is 4.25. The lowest BCUT2D eigenvalue weighted by Gasteiger charge is -2.26. The van der Waals surface area contributed by atoms with Gasteiger partial charge in [-0.15, -0.1) is 0 Å². The van der Waals surface area contributed by atoms with Crippen LogP contribution in [0, 0.1) is 6.92 Å². The van der Waals surface area contributed by atoms with Gasteiger partial charge in [-0.25, -0.2) is 0 Å². The summed E-state index contributed by atoms with van der Waals surface area (Å²) >= 11 is 0. The van der Waals surface area contributed by atoms with E-state index in [2.05, 4.69) is 49.2 Å². The molecule has 2 nitrogen and oxygen atoms in total. The maximum absolute atomic E-state index is 3.53. The number of anilines is 1. The summed E-state index contributed by atoms with van der Waals surface area (Å²) in [7, 11) is 0. The number of hydrogen-bond donors (Lipinski definition) is 1. The van der Waals surface area contributed by atoms with Gasteiger partial charge in [-0.1, -0.05) is 24.6 Å². The van der Waals surface area contributed by atoms with E-state index in [4.69, 9.17) is 0 Å². The lowest BCUT2D eigenvalue weighted by atomic mass is 10.1. The third-order valence-electron chi connectivity index (χ3n) is 3.61. The molecule has 2 rings (SSSR count). The van der Waals surface area contributed by atoms with Crippen molar-refractivity contribution in [3.05, 3.63) is 29.3 Å². The first-order chi connectivity index (χ1) is 8.76. The molecule has 1 N–H and O–H groups in total. The molecule has 0 spiro atoms. The number of aryl methyl sites for hydroxylation is 1. The summed E-state index contributed by atoms with van der Waals surface area (Å²) in [6, 6.07) is 7.68. The van der Waals surface area contributed by atoms with Crippen LogP contribution in [0.25, 0.3) is 0 Å². The van der Waals surface area contributed by atoms with E-state index >= 15 is 0 Å². The molecular formula is C16H26N2. The first-order valence-corrected chi connectivity index (χ1v) is 7.33. The van der Waals surface area contributed by atoms with Crippen molar-refractivity contribution < 1.29 is 0 Å². The van der Waals surface area contributed by atoms with Crippen molar-refractivity contribution in [3.63, 3.8) is 0 Å². The predicted molar refractivity (Wildman–Crippen MR) is 79.2 cm³/mol. The smallest absolute Gasteiger partial charge is 0.0414 e. The molecule has 0 aromatic heterocycles. The summed E-state index contributed by atoms with van der Waals surface area (Å²) in [4.78, 5) is 2.57. The Kier molecular flexibility index (Phi) is 4.65. The second kappa shape index (κ2) is 6.24. The van der Waals surface area contributed by atoms with E-state index in [1.54, 1.807) is 0 Å². The van der Waals surface area contributed by atoms with Crippen LogP contribution in [-0.2, 0) is 6.54 Å². The van der Waals surface area contributed by atoms with E-state index in [1.165, 1.54) is 36.1 Å². The molecule has 0 bridgehead atoms. The van der Waals surface area contributed by atoms with Gasteiger partial charge in [0.25, 0.3) is 0 Å². The fourth-order valence-electron chi connectivity index (χ4n) is 2.55. The minimum atomic E-state index is 0.794. The Labute approximate surface area is 111 Å². The third-order valence-corrected chi connectivity index (χ3v) is 3.61. The molecule has 1 fully saturated rings. The highest BCUT2D eigenvalue weighted by atomic mass is 15.2. The van der Waals surface area contributed by atoms with E-state index in [-0.39, 0.29) is 0 Å². The molecule has 18 heavy (non-hydrogen) atoms. The molecule has 1 aromatic rings. The molecule has 1 aliphatic carbocycles. The fraction of sp³-hybridized carbons (Fsp3) is 0.625. The standard InChI is InChI=1S/C16H26N2/c1-4-10-17-12-14-11-13(3)6-9-16(14)18(5-2)15-7-8-15/h6,9,11,15,17H,4-5,7-8,10,12H2,1-3H3. The van der Waals surface area contributed by atoms with E-state index in [1.807, 2.05) is 0 Å². The monoisotopic (exact) mass is 246 g/mol. The van der Waals surface area contributed by atoms with Crippen LogP contribution in [0.4, 0.5) is 5.69 Å². The maximum Gasteiger partial charge on any atom is 0.0414 e. The highest BCUT2D eigenvalue weighted by Gasteiger charge is 2.29. The first kappa shape index (κ1) is 13.4. The van der Waals surface area contributed by atoms with Crippen LogP contribution < -0.4 is 10.2 Å². The minimum Gasteiger partial charge on any atom is -0.369 e. The van der Waals surface area contributed by atoms with Crippen LogP contribution in [0.2, 0.25) is 0 Å². The first-order valence-electron chi connectivity index (χ1n) is 7.33. The molecular weight excluding hydrogens is 220 g/mol. The lowest BCUT2D eigenvalue weighted by Crippen LogP contribution is -2.27. The van der Waals surface area contributed by atoms with Crippen LogP contribution in [0.1, 0.15) is 44.2 Å². The number of rotatable bonds is 7. The Bertz CT molecular complexity index is 383. The molecule has 0 amide bonds. The van der Waals surface area contributed by atoms with Crippen molar-refractivity contribution in [1.29, 1.82) is 0 Å². The zero-order chi connectivity index (χ0) is 13.0. The molecule has 0 heterocycles. The van der Waals surface area contributed by atoms with Gasteiger partial charge in [0.1, 0.15) is 0 Å². The second-order valence-corrected chi connectivity index (χ2v) is 5.33. The summed E-state index contributed by atoms with van der Waals surface area (Å²) in [6.07, 6.45) is 3.92. The van der Waals surface area contributed by atoms with Gasteiger partial charge in [0.2, 0.25) is 0 Å². The van der Waals surface area contributed by atoms with E-state index in [9.17, 15) is 0 Å². The Hall–Kier alpha value is -1.02. The highest BCUT2D eigenvalue weighted by molar-refractivity contribution is 5.56. The zero-order valence-electron chi connectivity index (χ0n) is 12.0. The van der Waals surface area contributed by atoms with E-state index in [0.29, 0.717) is 0 Å². The molecule has 0 unspecified atom stereocenters. The minimum absolute atomic E-state index is 0.794. The molecule has 0 radical (unpaired) electrons. The van der Waals surface area contributed by atoms with Gasteiger partial charge < -0.3 is 10.2 Å². The van der Waals surface area contributed by atoms with Crippen molar-refractivity contribution in [2.75, 3.05) is 18.0 Å². The molecule has 1 saturated carbocycles. The van der Waals surface area contributed by atoms with Crippen LogP contribution in [0.3, 0.4) is 0 Å². The van der Waals surface area contributed by atoms with E-state index in [0.717, 1.165) is 25.7 Å². The molecule has 0 atom stereocenters. The summed E-state index contributed by atoms with van der Waals surface area (Å²) in [6.45, 7) is 9.88. The van der Waals surface area contributed by atoms with Gasteiger partial charge >= 0.3 is 0 Å². The van der Waals surface area contributed by atoms with Crippen molar-refractivity contribution in [1.82, 2.24) is 5.32 Å². The van der Waals surface area contributed by atoms with Gasteiger partial charge in [-0.3, -0.25) is 0 Å². The van der Waals surface area contributed by atoms with Gasteiger partial charge in [0.15, 0.2) is 0 Å².